The highest BCUT2D eigenvalue weighted by molar-refractivity contribution is 6.18. The average Bonchev–Trinajstić information content (AvgIpc) is 2.62. The molecule has 0 aromatic heterocycles. The first kappa shape index (κ1) is 21.2. The van der Waals surface area contributed by atoms with Crippen LogP contribution in [0.5, 0.6) is 0 Å². The van der Waals surface area contributed by atoms with Crippen molar-refractivity contribution in [1.82, 2.24) is 0 Å². The van der Waals surface area contributed by atoms with Crippen molar-refractivity contribution in [3.63, 3.8) is 0 Å². The summed E-state index contributed by atoms with van der Waals surface area (Å²) >= 11 is 5.46. The monoisotopic (exact) mass is 374 g/mol. The minimum Gasteiger partial charge on any atom is -0.463 e. The summed E-state index contributed by atoms with van der Waals surface area (Å²) in [6, 6.07) is 0. The fraction of sp³-hybridized carbons (Fsp3) is 0.588. The number of alkyl halides is 1. The van der Waals surface area contributed by atoms with Crippen molar-refractivity contribution in [2.24, 2.45) is 11.3 Å². The largest absolute Gasteiger partial charge is 0.463 e. The molecule has 0 heterocycles. The van der Waals surface area contributed by atoms with Gasteiger partial charge in [-0.25, -0.2) is 4.79 Å². The highest BCUT2D eigenvalue weighted by atomic mass is 35.5. The fourth-order valence-electron chi connectivity index (χ4n) is 2.37. The van der Waals surface area contributed by atoms with Gasteiger partial charge in [0.25, 0.3) is 0 Å². The molecule has 1 aliphatic rings. The summed E-state index contributed by atoms with van der Waals surface area (Å²) < 4.78 is 14.9. The number of rotatable bonds is 9. The van der Waals surface area contributed by atoms with Gasteiger partial charge in [-0.05, 0) is 19.8 Å². The second-order valence-electron chi connectivity index (χ2n) is 5.83. The summed E-state index contributed by atoms with van der Waals surface area (Å²) in [7, 11) is 0. The van der Waals surface area contributed by atoms with Crippen LogP contribution in [0.1, 0.15) is 19.8 Å². The molecule has 1 rings (SSSR count). The lowest BCUT2D eigenvalue weighted by molar-refractivity contribution is -0.171. The highest BCUT2D eigenvalue weighted by Gasteiger charge is 2.47. The molecule has 0 saturated heterocycles. The van der Waals surface area contributed by atoms with Crippen LogP contribution in [0, 0.1) is 11.3 Å². The predicted molar refractivity (Wildman–Crippen MR) is 89.8 cm³/mol. The van der Waals surface area contributed by atoms with Gasteiger partial charge in [0.2, 0.25) is 0 Å². The highest BCUT2D eigenvalue weighted by Crippen LogP contribution is 2.39. The summed E-state index contributed by atoms with van der Waals surface area (Å²) in [5.41, 5.74) is -1.10. The van der Waals surface area contributed by atoms with Gasteiger partial charge in [-0.15, -0.1) is 11.6 Å². The predicted octanol–water partition coefficient (Wildman–Crippen LogP) is 1.37. The quantitative estimate of drug-likeness (QED) is 0.162. The fourth-order valence-corrected chi connectivity index (χ4v) is 2.46. The minimum absolute atomic E-state index is 0.0550. The number of esters is 3. The summed E-state index contributed by atoms with van der Waals surface area (Å²) in [6.45, 7) is 4.43. The van der Waals surface area contributed by atoms with Crippen molar-refractivity contribution < 1.29 is 33.7 Å². The number of hydrogen-bond donors (Lipinski definition) is 1. The van der Waals surface area contributed by atoms with Crippen molar-refractivity contribution in [3.8, 4) is 0 Å². The van der Waals surface area contributed by atoms with Crippen molar-refractivity contribution in [2.45, 2.75) is 25.9 Å². The van der Waals surface area contributed by atoms with Gasteiger partial charge in [0.15, 0.2) is 0 Å². The van der Waals surface area contributed by atoms with Crippen LogP contribution in [0.3, 0.4) is 0 Å². The smallest absolute Gasteiger partial charge is 0.330 e. The molecule has 0 spiro atoms. The molecule has 25 heavy (non-hydrogen) atoms. The van der Waals surface area contributed by atoms with Crippen LogP contribution in [0.4, 0.5) is 0 Å². The summed E-state index contributed by atoms with van der Waals surface area (Å²) in [5, 5.41) is 9.39. The van der Waals surface area contributed by atoms with Crippen molar-refractivity contribution in [3.05, 3.63) is 24.8 Å². The number of halogens is 1. The molecule has 0 saturated carbocycles. The molecule has 8 heteroatoms. The summed E-state index contributed by atoms with van der Waals surface area (Å²) in [6.07, 6.45) is 4.29. The van der Waals surface area contributed by atoms with Gasteiger partial charge < -0.3 is 19.3 Å². The average molecular weight is 375 g/mol. The molecule has 0 fully saturated rings. The summed E-state index contributed by atoms with van der Waals surface area (Å²) in [5.74, 6) is -2.57. The second kappa shape index (κ2) is 10.2. The number of allylic oxidation sites excluding steroid dienone is 2. The molecule has 3 unspecified atom stereocenters. The Bertz CT molecular complexity index is 531. The molecule has 140 valence electrons. The Labute approximate surface area is 151 Å². The number of carbonyl (C=O) groups excluding carboxylic acids is 3. The molecule has 1 N–H and O–H groups in total. The van der Waals surface area contributed by atoms with E-state index in [9.17, 15) is 19.5 Å². The molecule has 1 aliphatic carbocycles. The summed E-state index contributed by atoms with van der Waals surface area (Å²) in [4.78, 5) is 35.7. The number of aliphatic hydroxyl groups excluding tert-OH is 1. The van der Waals surface area contributed by atoms with E-state index >= 15 is 0 Å². The van der Waals surface area contributed by atoms with E-state index in [2.05, 4.69) is 6.58 Å². The van der Waals surface area contributed by atoms with Gasteiger partial charge in [-0.3, -0.25) is 9.59 Å². The van der Waals surface area contributed by atoms with E-state index in [0.717, 1.165) is 6.08 Å². The first-order valence-corrected chi connectivity index (χ1v) is 8.40. The van der Waals surface area contributed by atoms with E-state index in [1.54, 1.807) is 19.1 Å². The Hall–Kier alpha value is -1.86. The molecule has 0 aliphatic heterocycles. The SMILES string of the molecule is C=CC(=O)OCCOC(=O)C1(C)CC=CCC1C(=O)OCC(O)CCl. The normalized spacial score (nSPS) is 23.4. The maximum Gasteiger partial charge on any atom is 0.330 e. The number of aliphatic hydroxyl groups is 1. The van der Waals surface area contributed by atoms with Crippen molar-refractivity contribution >= 4 is 29.5 Å². The zero-order chi connectivity index (χ0) is 18.9. The van der Waals surface area contributed by atoms with Gasteiger partial charge in [-0.2, -0.15) is 0 Å². The van der Waals surface area contributed by atoms with Crippen molar-refractivity contribution in [1.29, 1.82) is 0 Å². The number of carbonyl (C=O) groups is 3. The zero-order valence-corrected chi connectivity index (χ0v) is 14.9. The van der Waals surface area contributed by atoms with Crippen LogP contribution >= 0.6 is 11.6 Å². The van der Waals surface area contributed by atoms with E-state index < -0.39 is 35.3 Å². The van der Waals surface area contributed by atoms with E-state index in [4.69, 9.17) is 25.8 Å². The Morgan fingerprint density at radius 3 is 2.64 bits per heavy atom. The van der Waals surface area contributed by atoms with Crippen LogP contribution in [-0.4, -0.2) is 54.8 Å². The minimum atomic E-state index is -1.10. The Kier molecular flexibility index (Phi) is 8.65. The maximum atomic E-state index is 12.4. The number of ether oxygens (including phenoxy) is 3. The maximum absolute atomic E-state index is 12.4. The molecule has 0 bridgehead atoms. The second-order valence-corrected chi connectivity index (χ2v) is 6.14. The van der Waals surface area contributed by atoms with Crippen LogP contribution in [0.2, 0.25) is 0 Å². The molecular weight excluding hydrogens is 352 g/mol. The molecule has 0 aromatic carbocycles. The lowest BCUT2D eigenvalue weighted by atomic mass is 9.70. The van der Waals surface area contributed by atoms with E-state index in [1.807, 2.05) is 0 Å². The third-order valence-electron chi connectivity index (χ3n) is 3.92. The lowest BCUT2D eigenvalue weighted by Crippen LogP contribution is -2.44. The van der Waals surface area contributed by atoms with Crippen LogP contribution in [0.15, 0.2) is 24.8 Å². The molecule has 3 atom stereocenters. The van der Waals surface area contributed by atoms with Crippen LogP contribution in [-0.2, 0) is 28.6 Å². The first-order chi connectivity index (χ1) is 11.8. The molecule has 7 nitrogen and oxygen atoms in total. The van der Waals surface area contributed by atoms with Gasteiger partial charge in [0, 0.05) is 6.08 Å². The third kappa shape index (κ3) is 6.17. The number of hydrogen-bond acceptors (Lipinski definition) is 7. The Morgan fingerprint density at radius 2 is 2.00 bits per heavy atom. The third-order valence-corrected chi connectivity index (χ3v) is 4.28. The topological polar surface area (TPSA) is 99.1 Å². The molecular formula is C17H23ClO7. The van der Waals surface area contributed by atoms with Gasteiger partial charge in [0.1, 0.15) is 25.9 Å². The molecule has 0 amide bonds. The van der Waals surface area contributed by atoms with Gasteiger partial charge in [-0.1, -0.05) is 18.7 Å². The van der Waals surface area contributed by atoms with Crippen LogP contribution < -0.4 is 0 Å². The van der Waals surface area contributed by atoms with Gasteiger partial charge in [0.05, 0.1) is 17.2 Å². The van der Waals surface area contributed by atoms with E-state index in [0.29, 0.717) is 12.8 Å². The van der Waals surface area contributed by atoms with E-state index in [1.165, 1.54) is 0 Å². The molecule has 0 aromatic rings. The molecule has 0 radical (unpaired) electrons. The van der Waals surface area contributed by atoms with Gasteiger partial charge >= 0.3 is 17.9 Å². The lowest BCUT2D eigenvalue weighted by Gasteiger charge is -2.35. The standard InChI is InChI=1S/C17H23ClO7/c1-3-14(20)23-8-9-24-16(22)17(2)7-5-4-6-13(17)15(21)25-11-12(19)10-18/h3-5,12-13,19H,1,6-11H2,2H3. The van der Waals surface area contributed by atoms with Crippen molar-refractivity contribution in [2.75, 3.05) is 25.7 Å². The zero-order valence-electron chi connectivity index (χ0n) is 14.1. The first-order valence-electron chi connectivity index (χ1n) is 7.87. The Balaban J connectivity index is 2.63. The Morgan fingerprint density at radius 1 is 1.32 bits per heavy atom. The van der Waals surface area contributed by atoms with Crippen LogP contribution in [0.25, 0.3) is 0 Å². The van der Waals surface area contributed by atoms with E-state index in [-0.39, 0.29) is 25.7 Å².